The van der Waals surface area contributed by atoms with Crippen molar-refractivity contribution in [2.75, 3.05) is 0 Å². The second-order valence-electron chi connectivity index (χ2n) is 8.39. The van der Waals surface area contributed by atoms with Gasteiger partial charge in [-0.2, -0.15) is 0 Å². The summed E-state index contributed by atoms with van der Waals surface area (Å²) in [5.74, 6) is 0.731. The molecule has 0 radical (unpaired) electrons. The predicted octanol–water partition coefficient (Wildman–Crippen LogP) is 6.04. The lowest BCUT2D eigenvalue weighted by atomic mass is 9.87. The molecule has 0 saturated carbocycles. The number of phenolic OH excluding ortho intramolecular Hbond substituents is 1. The third kappa shape index (κ3) is 4.08. The number of hydrogen-bond donors (Lipinski definition) is 1. The first-order valence-corrected chi connectivity index (χ1v) is 9.90. The lowest BCUT2D eigenvalue weighted by Gasteiger charge is -2.19. The molecule has 0 aliphatic heterocycles. The van der Waals surface area contributed by atoms with E-state index in [0.717, 1.165) is 11.1 Å². The maximum atomic E-state index is 12.5. The molecule has 1 N–H and O–H groups in total. The van der Waals surface area contributed by atoms with Crippen molar-refractivity contribution in [3.8, 4) is 22.8 Å². The number of ether oxygens (including phenoxy) is 1. The Bertz CT molecular complexity index is 1230. The Kier molecular flexibility index (Phi) is 5.08. The third-order valence-corrected chi connectivity index (χ3v) is 5.07. The fraction of sp³-hybridized carbons (Fsp3) is 0.192. The smallest absolute Gasteiger partial charge is 0.197 e. The third-order valence-electron chi connectivity index (χ3n) is 5.07. The molecule has 0 saturated heterocycles. The number of benzene rings is 3. The van der Waals surface area contributed by atoms with Crippen LogP contribution >= 0.6 is 0 Å². The molecule has 0 spiro atoms. The van der Waals surface area contributed by atoms with Crippen LogP contribution in [0.15, 0.2) is 82.0 Å². The van der Waals surface area contributed by atoms with Crippen molar-refractivity contribution in [2.24, 2.45) is 0 Å². The topological polar surface area (TPSA) is 59.7 Å². The van der Waals surface area contributed by atoms with Crippen LogP contribution in [0.5, 0.6) is 11.5 Å². The fourth-order valence-electron chi connectivity index (χ4n) is 3.34. The Hall–Kier alpha value is -3.53. The lowest BCUT2D eigenvalue weighted by Crippen LogP contribution is -2.10. The molecule has 4 aromatic rings. The number of phenols is 1. The molecule has 1 aromatic heterocycles. The Labute approximate surface area is 175 Å². The van der Waals surface area contributed by atoms with Crippen LogP contribution in [0.1, 0.15) is 31.9 Å². The highest BCUT2D eigenvalue weighted by Crippen LogP contribution is 2.31. The van der Waals surface area contributed by atoms with Crippen LogP contribution in [-0.2, 0) is 12.0 Å². The Morgan fingerprint density at radius 1 is 0.933 bits per heavy atom. The van der Waals surface area contributed by atoms with E-state index in [0.29, 0.717) is 23.7 Å². The maximum absolute atomic E-state index is 12.5. The summed E-state index contributed by atoms with van der Waals surface area (Å²) in [4.78, 5) is 12.5. The first-order valence-electron chi connectivity index (χ1n) is 9.90. The zero-order chi connectivity index (χ0) is 21.3. The molecule has 0 fully saturated rings. The quantitative estimate of drug-likeness (QED) is 0.453. The molecule has 0 aliphatic carbocycles. The molecular weight excluding hydrogens is 376 g/mol. The summed E-state index contributed by atoms with van der Waals surface area (Å²) in [6.07, 6.45) is 0. The molecule has 0 unspecified atom stereocenters. The van der Waals surface area contributed by atoms with Crippen LogP contribution in [-0.4, -0.2) is 5.11 Å². The van der Waals surface area contributed by atoms with Crippen LogP contribution in [0.25, 0.3) is 22.3 Å². The van der Waals surface area contributed by atoms with E-state index in [9.17, 15) is 9.90 Å². The minimum atomic E-state index is -0.295. The van der Waals surface area contributed by atoms with Crippen molar-refractivity contribution in [2.45, 2.75) is 32.8 Å². The summed E-state index contributed by atoms with van der Waals surface area (Å²) < 4.78 is 11.8. The number of rotatable bonds is 4. The lowest BCUT2D eigenvalue weighted by molar-refractivity contribution is 0.304. The molecule has 152 valence electrons. The van der Waals surface area contributed by atoms with Crippen molar-refractivity contribution < 1.29 is 14.3 Å². The van der Waals surface area contributed by atoms with Gasteiger partial charge in [0, 0.05) is 23.8 Å². The molecule has 0 atom stereocenters. The highest BCUT2D eigenvalue weighted by Gasteiger charge is 2.14. The number of aromatic hydroxyl groups is 1. The van der Waals surface area contributed by atoms with Crippen molar-refractivity contribution in [3.05, 3.63) is 94.1 Å². The van der Waals surface area contributed by atoms with Gasteiger partial charge in [0.25, 0.3) is 0 Å². The fourth-order valence-corrected chi connectivity index (χ4v) is 3.34. The molecule has 30 heavy (non-hydrogen) atoms. The molecule has 0 amide bonds. The van der Waals surface area contributed by atoms with Gasteiger partial charge in [0.15, 0.2) is 5.43 Å². The van der Waals surface area contributed by atoms with Crippen molar-refractivity contribution >= 4 is 11.0 Å². The highest BCUT2D eigenvalue weighted by molar-refractivity contribution is 5.86. The average Bonchev–Trinajstić information content (AvgIpc) is 2.72. The molecule has 0 aliphatic rings. The molecular formula is C26H24O4. The standard InChI is InChI=1S/C26H24O4/c1-26(2,3)19-11-9-17(10-12-19)16-29-20-13-21(27)25-22(28)15-23(30-24(25)14-20)18-7-5-4-6-8-18/h4-15,27H,16H2,1-3H3. The molecule has 4 nitrogen and oxygen atoms in total. The average molecular weight is 400 g/mol. The summed E-state index contributed by atoms with van der Waals surface area (Å²) in [5, 5.41) is 10.5. The van der Waals surface area contributed by atoms with Crippen molar-refractivity contribution in [1.29, 1.82) is 0 Å². The summed E-state index contributed by atoms with van der Waals surface area (Å²) in [6, 6.07) is 22.1. The van der Waals surface area contributed by atoms with Gasteiger partial charge in [-0.25, -0.2) is 0 Å². The van der Waals surface area contributed by atoms with E-state index in [1.54, 1.807) is 6.07 Å². The Morgan fingerprint density at radius 2 is 1.63 bits per heavy atom. The summed E-state index contributed by atoms with van der Waals surface area (Å²) in [7, 11) is 0. The van der Waals surface area contributed by atoms with Crippen LogP contribution in [0.3, 0.4) is 0 Å². The normalized spacial score (nSPS) is 11.6. The summed E-state index contributed by atoms with van der Waals surface area (Å²) in [5.41, 5.74) is 3.15. The van der Waals surface area contributed by atoms with Gasteiger partial charge >= 0.3 is 0 Å². The monoisotopic (exact) mass is 400 g/mol. The second kappa shape index (κ2) is 7.71. The molecule has 4 rings (SSSR count). The van der Waals surface area contributed by atoms with Gasteiger partial charge in [0.2, 0.25) is 0 Å². The van der Waals surface area contributed by atoms with Gasteiger partial charge in [-0.15, -0.1) is 0 Å². The molecule has 3 aromatic carbocycles. The predicted molar refractivity (Wildman–Crippen MR) is 119 cm³/mol. The number of hydrogen-bond acceptors (Lipinski definition) is 4. The maximum Gasteiger partial charge on any atom is 0.197 e. The largest absolute Gasteiger partial charge is 0.507 e. The molecule has 1 heterocycles. The zero-order valence-electron chi connectivity index (χ0n) is 17.3. The Balaban J connectivity index is 1.63. The van der Waals surface area contributed by atoms with E-state index < -0.39 is 0 Å². The zero-order valence-corrected chi connectivity index (χ0v) is 17.3. The van der Waals surface area contributed by atoms with Crippen LogP contribution in [0, 0.1) is 0 Å². The summed E-state index contributed by atoms with van der Waals surface area (Å²) in [6.45, 7) is 6.87. The van der Waals surface area contributed by atoms with E-state index in [1.807, 2.05) is 42.5 Å². The van der Waals surface area contributed by atoms with Gasteiger partial charge in [0.1, 0.15) is 34.8 Å². The van der Waals surface area contributed by atoms with E-state index >= 15 is 0 Å². The van der Waals surface area contributed by atoms with Crippen molar-refractivity contribution in [3.63, 3.8) is 0 Å². The van der Waals surface area contributed by atoms with Crippen LogP contribution in [0.4, 0.5) is 0 Å². The minimum absolute atomic E-state index is 0.0948. The molecule has 4 heteroatoms. The minimum Gasteiger partial charge on any atom is -0.507 e. The highest BCUT2D eigenvalue weighted by atomic mass is 16.5. The van der Waals surface area contributed by atoms with Gasteiger partial charge in [-0.05, 0) is 16.5 Å². The van der Waals surface area contributed by atoms with Gasteiger partial charge < -0.3 is 14.3 Å². The SMILES string of the molecule is CC(C)(C)c1ccc(COc2cc(O)c3c(=O)cc(-c4ccccc4)oc3c2)cc1. The van der Waals surface area contributed by atoms with Crippen LogP contribution < -0.4 is 10.2 Å². The molecule has 0 bridgehead atoms. The van der Waals surface area contributed by atoms with Crippen LogP contribution in [0.2, 0.25) is 0 Å². The van der Waals surface area contributed by atoms with Gasteiger partial charge in [-0.1, -0.05) is 75.4 Å². The van der Waals surface area contributed by atoms with E-state index in [2.05, 4.69) is 32.9 Å². The van der Waals surface area contributed by atoms with E-state index in [-0.39, 0.29) is 22.0 Å². The first kappa shape index (κ1) is 19.8. The Morgan fingerprint density at radius 3 is 2.30 bits per heavy atom. The first-order chi connectivity index (χ1) is 14.3. The van der Waals surface area contributed by atoms with Gasteiger partial charge in [-0.3, -0.25) is 4.79 Å². The van der Waals surface area contributed by atoms with E-state index in [4.69, 9.17) is 9.15 Å². The van der Waals surface area contributed by atoms with Crippen molar-refractivity contribution in [1.82, 2.24) is 0 Å². The number of fused-ring (bicyclic) bond motifs is 1. The summed E-state index contributed by atoms with van der Waals surface area (Å²) >= 11 is 0. The van der Waals surface area contributed by atoms with Gasteiger partial charge in [0.05, 0.1) is 0 Å². The van der Waals surface area contributed by atoms with E-state index in [1.165, 1.54) is 17.7 Å². The second-order valence-corrected chi connectivity index (χ2v) is 8.39.